The summed E-state index contributed by atoms with van der Waals surface area (Å²) in [6.07, 6.45) is 2.67. The third kappa shape index (κ3) is 2.18. The number of carbonyl (C=O) groups excluding carboxylic acids is 2. The summed E-state index contributed by atoms with van der Waals surface area (Å²) >= 11 is 1.63. The molecule has 1 saturated carbocycles. The molecule has 5 heteroatoms. The molecule has 114 valence electrons. The summed E-state index contributed by atoms with van der Waals surface area (Å²) in [5.41, 5.74) is -1.47. The maximum atomic E-state index is 13.0. The van der Waals surface area contributed by atoms with Crippen molar-refractivity contribution >= 4 is 23.2 Å². The number of piperazine rings is 1. The van der Waals surface area contributed by atoms with E-state index in [0.717, 1.165) is 17.7 Å². The molecule has 2 aliphatic rings. The Morgan fingerprint density at radius 1 is 1.38 bits per heavy atom. The average molecular weight is 306 g/mol. The minimum Gasteiger partial charge on any atom is -0.340 e. The molecule has 2 atom stereocenters. The predicted octanol–water partition coefficient (Wildman–Crippen LogP) is 2.54. The molecule has 21 heavy (non-hydrogen) atoms. The molecule has 0 bridgehead atoms. The minimum absolute atomic E-state index is 0.00510. The molecule has 2 fully saturated rings. The lowest BCUT2D eigenvalue weighted by molar-refractivity contribution is -0.164. The van der Waals surface area contributed by atoms with E-state index < -0.39 is 11.1 Å². The molecule has 2 unspecified atom stereocenters. The molecule has 3 rings (SSSR count). The van der Waals surface area contributed by atoms with E-state index in [1.165, 1.54) is 0 Å². The number of thiophene rings is 1. The van der Waals surface area contributed by atoms with Crippen LogP contribution in [-0.2, 0) is 16.1 Å². The van der Waals surface area contributed by atoms with E-state index in [-0.39, 0.29) is 11.8 Å². The van der Waals surface area contributed by atoms with Crippen molar-refractivity contribution in [1.82, 2.24) is 10.2 Å². The number of nitrogens with zero attached hydrogens (tertiary/aromatic N) is 1. The maximum Gasteiger partial charge on any atom is 0.249 e. The smallest absolute Gasteiger partial charge is 0.249 e. The van der Waals surface area contributed by atoms with E-state index in [1.807, 2.05) is 43.2 Å². The van der Waals surface area contributed by atoms with Crippen molar-refractivity contribution in [3.05, 3.63) is 22.4 Å². The van der Waals surface area contributed by atoms with Crippen molar-refractivity contribution in [2.75, 3.05) is 0 Å². The largest absolute Gasteiger partial charge is 0.340 e. The first-order chi connectivity index (χ1) is 9.91. The van der Waals surface area contributed by atoms with Gasteiger partial charge >= 0.3 is 0 Å². The quantitative estimate of drug-likeness (QED) is 0.929. The van der Waals surface area contributed by atoms with Gasteiger partial charge in [-0.25, -0.2) is 0 Å². The highest BCUT2D eigenvalue weighted by molar-refractivity contribution is 7.09. The molecule has 1 aliphatic carbocycles. The lowest BCUT2D eigenvalue weighted by atomic mass is 9.82. The zero-order chi connectivity index (χ0) is 15.3. The van der Waals surface area contributed by atoms with E-state index in [0.29, 0.717) is 18.9 Å². The Bertz CT molecular complexity index is 567. The second kappa shape index (κ2) is 4.83. The molecular weight excluding hydrogens is 284 g/mol. The van der Waals surface area contributed by atoms with Crippen LogP contribution in [0.5, 0.6) is 0 Å². The molecule has 1 aromatic rings. The predicted molar refractivity (Wildman–Crippen MR) is 82.8 cm³/mol. The van der Waals surface area contributed by atoms with Gasteiger partial charge in [0, 0.05) is 4.88 Å². The van der Waals surface area contributed by atoms with Crippen molar-refractivity contribution in [2.45, 2.75) is 57.7 Å². The Morgan fingerprint density at radius 2 is 2.10 bits per heavy atom. The Balaban J connectivity index is 1.99. The first-order valence-electron chi connectivity index (χ1n) is 7.59. The summed E-state index contributed by atoms with van der Waals surface area (Å²) < 4.78 is 0. The first kappa shape index (κ1) is 14.6. The summed E-state index contributed by atoms with van der Waals surface area (Å²) in [4.78, 5) is 28.7. The van der Waals surface area contributed by atoms with Crippen molar-refractivity contribution in [2.24, 2.45) is 5.92 Å². The number of amides is 2. The molecule has 0 aromatic carbocycles. The summed E-state index contributed by atoms with van der Waals surface area (Å²) in [5.74, 6) is 0.348. The Kier molecular flexibility index (Phi) is 3.35. The zero-order valence-electron chi connectivity index (χ0n) is 12.8. The van der Waals surface area contributed by atoms with Crippen LogP contribution in [0.2, 0.25) is 0 Å². The van der Waals surface area contributed by atoms with Crippen LogP contribution >= 0.6 is 11.3 Å². The van der Waals surface area contributed by atoms with Gasteiger partial charge in [-0.15, -0.1) is 11.3 Å². The van der Waals surface area contributed by atoms with E-state index in [2.05, 4.69) is 5.32 Å². The first-order valence-corrected chi connectivity index (χ1v) is 8.47. The van der Waals surface area contributed by atoms with Gasteiger partial charge in [0.2, 0.25) is 11.8 Å². The summed E-state index contributed by atoms with van der Waals surface area (Å²) in [6, 6.07) is 4.02. The van der Waals surface area contributed by atoms with E-state index in [4.69, 9.17) is 0 Å². The molecule has 1 saturated heterocycles. The minimum atomic E-state index is -0.775. The highest BCUT2D eigenvalue weighted by atomic mass is 32.1. The topological polar surface area (TPSA) is 49.4 Å². The summed E-state index contributed by atoms with van der Waals surface area (Å²) in [6.45, 7) is 6.25. The van der Waals surface area contributed by atoms with Crippen molar-refractivity contribution in [1.29, 1.82) is 0 Å². The molecule has 1 N–H and O–H groups in total. The molecule has 2 heterocycles. The highest BCUT2D eigenvalue weighted by Crippen LogP contribution is 2.46. The fourth-order valence-electron chi connectivity index (χ4n) is 3.15. The molecule has 1 aliphatic heterocycles. The summed E-state index contributed by atoms with van der Waals surface area (Å²) in [5, 5.41) is 5.00. The second-order valence-electron chi connectivity index (χ2n) is 6.53. The van der Waals surface area contributed by atoms with E-state index >= 15 is 0 Å². The van der Waals surface area contributed by atoms with Crippen LogP contribution < -0.4 is 5.32 Å². The van der Waals surface area contributed by atoms with Gasteiger partial charge in [0.1, 0.15) is 11.1 Å². The van der Waals surface area contributed by atoms with Crippen molar-refractivity contribution < 1.29 is 9.59 Å². The Hall–Kier alpha value is -1.36. The molecule has 4 nitrogen and oxygen atoms in total. The van der Waals surface area contributed by atoms with Crippen molar-refractivity contribution in [3.8, 4) is 0 Å². The van der Waals surface area contributed by atoms with Crippen LogP contribution in [0.25, 0.3) is 0 Å². The van der Waals surface area contributed by atoms with E-state index in [1.54, 1.807) is 11.3 Å². The number of hydrogen-bond donors (Lipinski definition) is 1. The van der Waals surface area contributed by atoms with Crippen LogP contribution in [0.1, 0.15) is 44.9 Å². The van der Waals surface area contributed by atoms with Gasteiger partial charge in [-0.3, -0.25) is 9.59 Å². The second-order valence-corrected chi connectivity index (χ2v) is 7.56. The molecule has 1 aromatic heterocycles. The van der Waals surface area contributed by atoms with Crippen LogP contribution in [-0.4, -0.2) is 27.8 Å². The van der Waals surface area contributed by atoms with Gasteiger partial charge in [0.15, 0.2) is 0 Å². The highest BCUT2D eigenvalue weighted by Gasteiger charge is 2.59. The van der Waals surface area contributed by atoms with Gasteiger partial charge in [-0.2, -0.15) is 0 Å². The zero-order valence-corrected chi connectivity index (χ0v) is 13.6. The normalized spacial score (nSPS) is 33.2. The van der Waals surface area contributed by atoms with Gasteiger partial charge < -0.3 is 10.2 Å². The van der Waals surface area contributed by atoms with Gasteiger partial charge in [-0.05, 0) is 50.5 Å². The van der Waals surface area contributed by atoms with Crippen LogP contribution in [0, 0.1) is 5.92 Å². The molecule has 0 radical (unpaired) electrons. The lowest BCUT2D eigenvalue weighted by Gasteiger charge is -2.50. The number of rotatable bonds is 4. The summed E-state index contributed by atoms with van der Waals surface area (Å²) in [7, 11) is 0. The standard InChI is InChI=1S/C16H22N2O2S/c1-4-15(2)14(20)18(10-12-6-5-9-21-12)16(3,11-7-8-11)13(19)17-15/h5-6,9,11H,4,7-8,10H2,1-3H3,(H,17,19). The van der Waals surface area contributed by atoms with Crippen LogP contribution in [0.3, 0.4) is 0 Å². The fourth-order valence-corrected chi connectivity index (χ4v) is 3.84. The van der Waals surface area contributed by atoms with Gasteiger partial charge in [0.05, 0.1) is 6.54 Å². The third-order valence-corrected chi connectivity index (χ3v) is 5.96. The Morgan fingerprint density at radius 3 is 2.62 bits per heavy atom. The van der Waals surface area contributed by atoms with Crippen molar-refractivity contribution in [3.63, 3.8) is 0 Å². The average Bonchev–Trinajstić information content (AvgIpc) is 3.20. The monoisotopic (exact) mass is 306 g/mol. The van der Waals surface area contributed by atoms with Crippen LogP contribution in [0.15, 0.2) is 17.5 Å². The Labute approximate surface area is 129 Å². The molecular formula is C16H22N2O2S. The van der Waals surface area contributed by atoms with Gasteiger partial charge in [0.25, 0.3) is 0 Å². The lowest BCUT2D eigenvalue weighted by Crippen LogP contribution is -2.74. The van der Waals surface area contributed by atoms with Crippen LogP contribution in [0.4, 0.5) is 0 Å². The maximum absolute atomic E-state index is 13.0. The molecule has 0 spiro atoms. The fraction of sp³-hybridized carbons (Fsp3) is 0.625. The molecule has 2 amide bonds. The van der Waals surface area contributed by atoms with Gasteiger partial charge in [-0.1, -0.05) is 13.0 Å². The number of carbonyl (C=O) groups is 2. The SMILES string of the molecule is CCC1(C)NC(=O)C(C)(C2CC2)N(Cc2cccs2)C1=O. The van der Waals surface area contributed by atoms with E-state index in [9.17, 15) is 9.59 Å². The number of hydrogen-bond acceptors (Lipinski definition) is 3. The third-order valence-electron chi connectivity index (χ3n) is 5.10. The number of nitrogens with one attached hydrogen (secondary N) is 1.